The largest absolute Gasteiger partial charge is 0.462 e. The summed E-state index contributed by atoms with van der Waals surface area (Å²) in [5.74, 6) is -4.63. The third-order valence-corrected chi connectivity index (χ3v) is 15.1. The van der Waals surface area contributed by atoms with E-state index in [-0.39, 0.29) is 72.2 Å². The standard InChI is InChI=1S/C47H70F2N2O11/c1-10-29-12-11-13-37(62-39-15-14-36(51(5)6)24(3)58-39)23(2)42(53)35-21-32-31-19-30(61-47-46(57-9)45(56-8)44(55-7)25(4)59-47)20-34(31)43(54)41(40(32)33(35)22-38(52)60-29)50-28-17-26(48)16-27(49)18-28/h16-18,21,23-25,29-34,36-37,39-41,43-47,50,54H,10-15,19-20,22H2,1-9H3/t23-,24?,25?,29+,30+,31+,32+,33-,34-,36+,37+,39+,40-,41-,43-,44+,45?,46?,47+/m1/s1. The molecule has 19 atom stereocenters. The Morgan fingerprint density at radius 3 is 2.19 bits per heavy atom. The van der Waals surface area contributed by atoms with Gasteiger partial charge in [-0.3, -0.25) is 9.59 Å². The number of anilines is 1. The van der Waals surface area contributed by atoms with Crippen molar-refractivity contribution in [1.82, 2.24) is 4.90 Å². The van der Waals surface area contributed by atoms with Gasteiger partial charge in [-0.1, -0.05) is 19.9 Å². The van der Waals surface area contributed by atoms with Crippen LogP contribution in [0.5, 0.6) is 0 Å². The van der Waals surface area contributed by atoms with Crippen LogP contribution < -0.4 is 5.32 Å². The molecule has 13 nitrogen and oxygen atoms in total. The topological polar surface area (TPSA) is 143 Å². The summed E-state index contributed by atoms with van der Waals surface area (Å²) in [5.41, 5.74) is 0.658. The van der Waals surface area contributed by atoms with E-state index < -0.39 is 78.4 Å². The highest BCUT2D eigenvalue weighted by atomic mass is 19.1. The number of likely N-dealkylation sites (N-methyl/N-ethyl adjacent to an activating group) is 1. The predicted octanol–water partition coefficient (Wildman–Crippen LogP) is 6.05. The number of aliphatic hydroxyl groups is 1. The molecule has 3 aliphatic carbocycles. The second-order valence-electron chi connectivity index (χ2n) is 18.9. The number of carbonyl (C=O) groups excluding carboxylic acids is 2. The second kappa shape index (κ2) is 20.3. The predicted molar refractivity (Wildman–Crippen MR) is 225 cm³/mol. The Hall–Kier alpha value is -2.60. The molecule has 2 saturated carbocycles. The van der Waals surface area contributed by atoms with Crippen LogP contribution in [0.3, 0.4) is 0 Å². The van der Waals surface area contributed by atoms with E-state index in [0.717, 1.165) is 12.5 Å². The minimum Gasteiger partial charge on any atom is -0.462 e. The minimum absolute atomic E-state index is 0.0540. The molecule has 0 aromatic heterocycles. The van der Waals surface area contributed by atoms with Gasteiger partial charge in [0.2, 0.25) is 0 Å². The van der Waals surface area contributed by atoms with Crippen LogP contribution >= 0.6 is 0 Å². The summed E-state index contributed by atoms with van der Waals surface area (Å²) in [6, 6.07) is 2.65. The number of ketones is 1. The molecule has 5 fully saturated rings. The van der Waals surface area contributed by atoms with Gasteiger partial charge in [-0.05, 0) is 121 Å². The van der Waals surface area contributed by atoms with E-state index >= 15 is 4.79 Å². The van der Waals surface area contributed by atoms with Crippen LogP contribution in [0, 0.1) is 47.1 Å². The summed E-state index contributed by atoms with van der Waals surface area (Å²) in [4.78, 5) is 31.3. The van der Waals surface area contributed by atoms with Gasteiger partial charge in [0.1, 0.15) is 36.1 Å². The van der Waals surface area contributed by atoms with E-state index in [0.29, 0.717) is 50.5 Å². The van der Waals surface area contributed by atoms with Crippen molar-refractivity contribution in [3.63, 3.8) is 0 Å². The molecule has 348 valence electrons. The molecule has 4 unspecified atom stereocenters. The molecule has 62 heavy (non-hydrogen) atoms. The number of fused-ring (bicyclic) bond motifs is 5. The first kappa shape index (κ1) is 47.4. The number of esters is 1. The molecule has 1 aromatic carbocycles. The number of hydrogen-bond acceptors (Lipinski definition) is 13. The van der Waals surface area contributed by atoms with Crippen molar-refractivity contribution in [2.75, 3.05) is 40.7 Å². The molecule has 0 amide bonds. The van der Waals surface area contributed by atoms with Gasteiger partial charge in [0.25, 0.3) is 0 Å². The van der Waals surface area contributed by atoms with E-state index in [4.69, 9.17) is 37.9 Å². The molecule has 3 heterocycles. The summed E-state index contributed by atoms with van der Waals surface area (Å²) < 4.78 is 79.2. The Kier molecular flexibility index (Phi) is 15.5. The average Bonchev–Trinajstić information content (AvgIpc) is 3.81. The number of cyclic esters (lactones) is 1. The Morgan fingerprint density at radius 2 is 1.55 bits per heavy atom. The number of rotatable bonds is 11. The van der Waals surface area contributed by atoms with Crippen LogP contribution in [0.4, 0.5) is 14.5 Å². The Balaban J connectivity index is 1.22. The van der Waals surface area contributed by atoms with Gasteiger partial charge in [0.05, 0.1) is 43.0 Å². The molecule has 7 rings (SSSR count). The number of nitrogens with zero attached hydrogens (tertiary/aromatic N) is 1. The number of Topliss-reactive ketones (excluding diaryl/α,β-unsaturated/α-hetero) is 1. The van der Waals surface area contributed by atoms with Crippen LogP contribution in [0.2, 0.25) is 0 Å². The molecule has 2 N–H and O–H groups in total. The summed E-state index contributed by atoms with van der Waals surface area (Å²) >= 11 is 0. The highest BCUT2D eigenvalue weighted by molar-refractivity contribution is 5.99. The van der Waals surface area contributed by atoms with Crippen molar-refractivity contribution in [1.29, 1.82) is 0 Å². The van der Waals surface area contributed by atoms with E-state index in [1.165, 1.54) is 12.1 Å². The van der Waals surface area contributed by atoms with Gasteiger partial charge >= 0.3 is 5.97 Å². The van der Waals surface area contributed by atoms with Gasteiger partial charge in [-0.15, -0.1) is 0 Å². The van der Waals surface area contributed by atoms with Gasteiger partial charge in [-0.25, -0.2) is 8.78 Å². The van der Waals surface area contributed by atoms with E-state index in [1.54, 1.807) is 21.3 Å². The number of ether oxygens (including phenoxy) is 8. The fourth-order valence-corrected chi connectivity index (χ4v) is 12.0. The average molecular weight is 877 g/mol. The Labute approximate surface area is 365 Å². The van der Waals surface area contributed by atoms with Crippen LogP contribution in [0.15, 0.2) is 29.8 Å². The molecule has 0 radical (unpaired) electrons. The molecule has 3 aliphatic heterocycles. The number of carbonyl (C=O) groups is 2. The number of aliphatic hydroxyl groups excluding tert-OH is 1. The summed E-state index contributed by atoms with van der Waals surface area (Å²) in [7, 11) is 8.87. The number of hydrogen-bond donors (Lipinski definition) is 2. The summed E-state index contributed by atoms with van der Waals surface area (Å²) in [6.45, 7) is 7.85. The fraction of sp³-hybridized carbons (Fsp3) is 0.787. The zero-order chi connectivity index (χ0) is 44.6. The summed E-state index contributed by atoms with van der Waals surface area (Å²) in [5, 5.41) is 15.8. The van der Waals surface area contributed by atoms with Crippen molar-refractivity contribution in [2.45, 2.75) is 165 Å². The van der Waals surface area contributed by atoms with Crippen LogP contribution in [0.25, 0.3) is 0 Å². The van der Waals surface area contributed by atoms with Crippen molar-refractivity contribution in [2.24, 2.45) is 35.5 Å². The van der Waals surface area contributed by atoms with Gasteiger partial charge in [0.15, 0.2) is 18.4 Å². The first-order chi connectivity index (χ1) is 29.6. The lowest BCUT2D eigenvalue weighted by atomic mass is 9.62. The molecule has 0 bridgehead atoms. The lowest BCUT2D eigenvalue weighted by Crippen LogP contribution is -2.59. The Bertz CT molecular complexity index is 1720. The maximum atomic E-state index is 15.1. The smallest absolute Gasteiger partial charge is 0.306 e. The highest BCUT2D eigenvalue weighted by Crippen LogP contribution is 2.57. The number of nitrogens with one attached hydrogen (secondary N) is 1. The Morgan fingerprint density at radius 1 is 0.855 bits per heavy atom. The van der Waals surface area contributed by atoms with Crippen molar-refractivity contribution >= 4 is 17.4 Å². The number of methoxy groups -OCH3 is 3. The molecular weight excluding hydrogens is 807 g/mol. The molecule has 0 spiro atoms. The SMILES string of the molecule is CC[C@H]1CCC[C@H](O[C@H]2CC[C@H](N(C)C)C(C)O2)[C@@H](C)C(=O)C2=C[C@H]3[C@@H]4C[C@H](O[C@@H]5OC(C)[C@H](OC)C(OC)C5OC)C[C@H]4[C@@H](O)[C@H](Nc4cc(F)cc(F)c4)[C@H]3[C@@H]2CC(=O)O1. The normalized spacial score (nSPS) is 42.9. The second-order valence-corrected chi connectivity index (χ2v) is 18.9. The van der Waals surface area contributed by atoms with Crippen LogP contribution in [-0.2, 0) is 47.5 Å². The first-order valence-corrected chi connectivity index (χ1v) is 22.9. The fourth-order valence-electron chi connectivity index (χ4n) is 12.0. The first-order valence-electron chi connectivity index (χ1n) is 22.9. The summed E-state index contributed by atoms with van der Waals surface area (Å²) in [6.07, 6.45) is 1.69. The van der Waals surface area contributed by atoms with Crippen LogP contribution in [-0.4, -0.2) is 137 Å². The lowest BCUT2D eigenvalue weighted by Gasteiger charge is -2.47. The quantitative estimate of drug-likeness (QED) is 0.250. The minimum atomic E-state index is -1.04. The van der Waals surface area contributed by atoms with Gasteiger partial charge in [-0.2, -0.15) is 0 Å². The van der Waals surface area contributed by atoms with E-state index in [2.05, 4.69) is 17.1 Å². The molecule has 15 heteroatoms. The monoisotopic (exact) mass is 876 g/mol. The number of benzene rings is 1. The van der Waals surface area contributed by atoms with Gasteiger partial charge < -0.3 is 53.2 Å². The molecule has 1 aromatic rings. The number of halogens is 2. The zero-order valence-corrected chi connectivity index (χ0v) is 37.9. The molecule has 3 saturated heterocycles. The maximum Gasteiger partial charge on any atom is 0.306 e. The lowest BCUT2D eigenvalue weighted by molar-refractivity contribution is -0.314. The van der Waals surface area contributed by atoms with Crippen molar-refractivity contribution < 1.29 is 61.4 Å². The van der Waals surface area contributed by atoms with E-state index in [9.17, 15) is 18.7 Å². The third kappa shape index (κ3) is 9.81. The third-order valence-electron chi connectivity index (χ3n) is 15.1. The molecule has 6 aliphatic rings. The van der Waals surface area contributed by atoms with E-state index in [1.807, 2.05) is 40.9 Å². The highest BCUT2D eigenvalue weighted by Gasteiger charge is 2.60. The van der Waals surface area contributed by atoms with Crippen LogP contribution in [0.1, 0.15) is 85.5 Å². The van der Waals surface area contributed by atoms with Gasteiger partial charge in [0, 0.05) is 51.0 Å². The number of allylic oxidation sites excluding steroid dienone is 2. The molecular formula is C47H70F2N2O11. The van der Waals surface area contributed by atoms with Crippen molar-refractivity contribution in [3.8, 4) is 0 Å². The van der Waals surface area contributed by atoms with Crippen molar-refractivity contribution in [3.05, 3.63) is 41.5 Å². The zero-order valence-electron chi connectivity index (χ0n) is 37.9. The maximum absolute atomic E-state index is 15.1.